The molecule has 18 N–H and O–H groups in total. The van der Waals surface area contributed by atoms with Crippen molar-refractivity contribution in [3.8, 4) is 0 Å². The predicted octanol–water partition coefficient (Wildman–Crippen LogP) is -0.197. The van der Waals surface area contributed by atoms with E-state index >= 15 is 19.2 Å². The van der Waals surface area contributed by atoms with Gasteiger partial charge in [-0.15, -0.1) is 0 Å². The van der Waals surface area contributed by atoms with Crippen LogP contribution in [-0.2, 0) is 83.2 Å². The number of aromatic amines is 2. The fourth-order valence-electron chi connectivity index (χ4n) is 13.0. The highest BCUT2D eigenvalue weighted by Crippen LogP contribution is 2.25. The fraction of sp³-hybridized carbons (Fsp3) is 0.429. The lowest BCUT2D eigenvalue weighted by molar-refractivity contribution is -0.143. The Morgan fingerprint density at radius 3 is 1.27 bits per heavy atom. The maximum Gasteiger partial charge on any atom is 0.246 e. The lowest BCUT2D eigenvalue weighted by Crippen LogP contribution is -2.62. The average Bonchev–Trinajstić information content (AvgIpc) is 1.51. The normalized spacial score (nSPS) is 23.9. The Kier molecular flexibility index (Phi) is 25.2. The minimum absolute atomic E-state index is 0.0313. The van der Waals surface area contributed by atoms with Crippen LogP contribution in [0.4, 0.5) is 0 Å². The average molecular weight is 1350 g/mol. The van der Waals surface area contributed by atoms with Crippen LogP contribution in [0.25, 0.3) is 21.8 Å². The van der Waals surface area contributed by atoms with Gasteiger partial charge in [0.25, 0.3) is 0 Å². The Hall–Kier alpha value is -10.5. The van der Waals surface area contributed by atoms with Gasteiger partial charge in [-0.3, -0.25) is 57.5 Å². The van der Waals surface area contributed by atoms with E-state index in [1.165, 1.54) is 9.80 Å². The van der Waals surface area contributed by atoms with E-state index in [0.29, 0.717) is 40.6 Å². The molecule has 4 aromatic carbocycles. The molecular formula is C70H88N16O12. The first kappa shape index (κ1) is 71.8. The van der Waals surface area contributed by atoms with Gasteiger partial charge in [0.2, 0.25) is 70.9 Å². The summed E-state index contributed by atoms with van der Waals surface area (Å²) in [5.74, 6) is -9.78. The van der Waals surface area contributed by atoms with E-state index in [9.17, 15) is 38.4 Å². The topological polar surface area (TPSA) is 443 Å². The molecule has 10 unspecified atom stereocenters. The molecule has 0 aliphatic carbocycles. The van der Waals surface area contributed by atoms with Crippen molar-refractivity contribution in [3.05, 3.63) is 144 Å². The number of nitrogens with zero attached hydrogens (tertiary/aromatic N) is 2. The summed E-state index contributed by atoms with van der Waals surface area (Å²) in [5, 5.41) is 23.8. The highest BCUT2D eigenvalue weighted by molar-refractivity contribution is 6.01. The van der Waals surface area contributed by atoms with Gasteiger partial charge < -0.3 is 85.2 Å². The molecule has 12 amide bonds. The number of carbonyl (C=O) groups excluding carboxylic acids is 12. The van der Waals surface area contributed by atoms with E-state index in [-0.39, 0.29) is 103 Å². The number of hydrogen-bond donors (Lipinski definition) is 14. The molecule has 28 nitrogen and oxygen atoms in total. The monoisotopic (exact) mass is 1340 g/mol. The third-order valence-corrected chi connectivity index (χ3v) is 18.1. The van der Waals surface area contributed by atoms with Gasteiger partial charge in [0.15, 0.2) is 0 Å². The molecular weight excluding hydrogens is 1260 g/mol. The molecule has 5 heterocycles. The van der Waals surface area contributed by atoms with Crippen molar-refractivity contribution in [3.63, 3.8) is 0 Å². The molecule has 0 radical (unpaired) electrons. The quantitative estimate of drug-likeness (QED) is 0.0471. The molecule has 9 rings (SSSR count). The number of amides is 12. The van der Waals surface area contributed by atoms with Crippen molar-refractivity contribution >= 4 is 92.7 Å². The zero-order valence-corrected chi connectivity index (χ0v) is 54.6. The highest BCUT2D eigenvalue weighted by Gasteiger charge is 2.43. The number of para-hydroxylation sites is 2. The summed E-state index contributed by atoms with van der Waals surface area (Å²) >= 11 is 0. The number of nitrogens with two attached hydrogens (primary N) is 4. The van der Waals surface area contributed by atoms with E-state index < -0.39 is 144 Å². The van der Waals surface area contributed by atoms with Crippen molar-refractivity contribution in [2.45, 2.75) is 163 Å². The Labute approximate surface area is 566 Å². The third kappa shape index (κ3) is 19.2. The van der Waals surface area contributed by atoms with E-state index in [0.717, 1.165) is 16.4 Å². The van der Waals surface area contributed by atoms with Crippen molar-refractivity contribution in [2.75, 3.05) is 26.2 Å². The maximum absolute atomic E-state index is 15.3. The first-order valence-electron chi connectivity index (χ1n) is 33.5. The SMILES string of the molecule is NCCCC1NC(=O)C(CCC(N)=O)NC(=O)C2CCCN2C(=O)C(Cc2ccccc2)NC(=O)C(Cc2c[nH]c3ccccc23)NC(=O)C(CCCN)NC(=O)C(CCC(N)=O)NC(=O)C2CCCN2C(=O)C(Cc2ccccc2)NC(=O)C(Cc2cc3ccccc3[nH]2)NC1=O. The van der Waals surface area contributed by atoms with Crippen LogP contribution in [0.5, 0.6) is 0 Å². The van der Waals surface area contributed by atoms with Crippen molar-refractivity contribution < 1.29 is 57.5 Å². The molecule has 10 atom stereocenters. The number of fused-ring (bicyclic) bond motifs is 4. The molecule has 98 heavy (non-hydrogen) atoms. The van der Waals surface area contributed by atoms with Crippen LogP contribution in [0.2, 0.25) is 0 Å². The number of rotatable bonds is 20. The summed E-state index contributed by atoms with van der Waals surface area (Å²) in [5.41, 5.74) is 27.0. The lowest BCUT2D eigenvalue weighted by Gasteiger charge is -2.32. The van der Waals surface area contributed by atoms with Crippen molar-refractivity contribution in [2.24, 2.45) is 22.9 Å². The number of H-pyrrole nitrogens is 2. The van der Waals surface area contributed by atoms with Gasteiger partial charge in [-0.05, 0) is 118 Å². The van der Waals surface area contributed by atoms with Gasteiger partial charge in [0.05, 0.1) is 0 Å². The summed E-state index contributed by atoms with van der Waals surface area (Å²) in [6.45, 7) is 0.188. The number of primary amides is 2. The Balaban J connectivity index is 1.11. The molecule has 3 fully saturated rings. The summed E-state index contributed by atoms with van der Waals surface area (Å²) in [7, 11) is 0. The van der Waals surface area contributed by atoms with E-state index in [2.05, 4.69) is 52.5 Å². The molecule has 0 saturated carbocycles. The standard InChI is InChI=1S/C70H88N16O12/c71-31-11-23-49-61(89)81-53(38-44-40-75-48-22-10-8-20-46(44)48)65(93)83-55(35-41-15-3-1-4-16-41)69(97)85-33-13-25-57(85)67(95)80-52(28-30-60(74)88)64(92)78-50(24-12-32-72)62(90)82-54(39-45-37-43-19-7-9-21-47(43)76-45)66(94)84-56(36-42-17-5-2-6-18-42)70(98)86-34-14-26-58(86)68(96)79-51(63(91)77-49)27-29-59(73)87/h1-10,15-22,37,40,49-58,75-76H,11-14,23-36,38-39,71-72H2,(H2,73,87)(H2,74,88)(H,77,91)(H,78,92)(H,79,96)(H,80,95)(H,81,89)(H,82,90)(H,83,93)(H,84,94). The van der Waals surface area contributed by atoms with Crippen LogP contribution >= 0.6 is 0 Å². The minimum atomic E-state index is -1.53. The number of hydrogen-bond acceptors (Lipinski definition) is 14. The van der Waals surface area contributed by atoms with Gasteiger partial charge in [0.1, 0.15) is 60.4 Å². The van der Waals surface area contributed by atoms with Gasteiger partial charge in [-0.1, -0.05) is 97.1 Å². The second-order valence-corrected chi connectivity index (χ2v) is 25.3. The number of carbonyl (C=O) groups is 12. The number of benzene rings is 4. The van der Waals surface area contributed by atoms with Crippen LogP contribution in [0.3, 0.4) is 0 Å². The summed E-state index contributed by atoms with van der Waals surface area (Å²) in [4.78, 5) is 184. The zero-order valence-electron chi connectivity index (χ0n) is 54.6. The maximum atomic E-state index is 15.3. The smallest absolute Gasteiger partial charge is 0.246 e. The van der Waals surface area contributed by atoms with Crippen molar-refractivity contribution in [1.82, 2.24) is 62.3 Å². The van der Waals surface area contributed by atoms with Gasteiger partial charge in [-0.25, -0.2) is 0 Å². The van der Waals surface area contributed by atoms with Gasteiger partial charge in [-0.2, -0.15) is 0 Å². The van der Waals surface area contributed by atoms with Crippen LogP contribution in [0.15, 0.2) is 121 Å². The highest BCUT2D eigenvalue weighted by atomic mass is 16.2. The summed E-state index contributed by atoms with van der Waals surface area (Å²) in [6.07, 6.45) is 0.690. The fourth-order valence-corrected chi connectivity index (χ4v) is 13.0. The zero-order chi connectivity index (χ0) is 69.8. The van der Waals surface area contributed by atoms with Gasteiger partial charge >= 0.3 is 0 Å². The first-order chi connectivity index (χ1) is 47.3. The molecule has 0 spiro atoms. The largest absolute Gasteiger partial charge is 0.370 e. The van der Waals surface area contributed by atoms with Crippen LogP contribution in [0, 0.1) is 0 Å². The molecule has 28 heteroatoms. The minimum Gasteiger partial charge on any atom is -0.370 e. The van der Waals surface area contributed by atoms with E-state index in [1.807, 2.05) is 42.5 Å². The predicted molar refractivity (Wildman–Crippen MR) is 363 cm³/mol. The molecule has 3 aliphatic rings. The number of aromatic nitrogens is 2. The molecule has 0 bridgehead atoms. The molecule has 6 aromatic rings. The summed E-state index contributed by atoms with van der Waals surface area (Å²) in [6, 6.07) is 19.8. The molecule has 520 valence electrons. The van der Waals surface area contributed by atoms with Crippen LogP contribution in [-0.4, -0.2) is 177 Å². The van der Waals surface area contributed by atoms with Crippen LogP contribution < -0.4 is 65.5 Å². The third-order valence-electron chi connectivity index (χ3n) is 18.1. The Morgan fingerprint density at radius 1 is 0.418 bits per heavy atom. The Morgan fingerprint density at radius 2 is 0.806 bits per heavy atom. The lowest BCUT2D eigenvalue weighted by atomic mass is 10.0. The van der Waals surface area contributed by atoms with Crippen molar-refractivity contribution in [1.29, 1.82) is 0 Å². The van der Waals surface area contributed by atoms with Gasteiger partial charge in [0, 0.05) is 79.9 Å². The van der Waals surface area contributed by atoms with E-state index in [1.54, 1.807) is 79.0 Å². The molecule has 3 saturated heterocycles. The van der Waals surface area contributed by atoms with Crippen LogP contribution in [0.1, 0.15) is 99.4 Å². The van der Waals surface area contributed by atoms with E-state index in [4.69, 9.17) is 22.9 Å². The first-order valence-corrected chi connectivity index (χ1v) is 33.5. The second-order valence-electron chi connectivity index (χ2n) is 25.3. The molecule has 3 aliphatic heterocycles. The molecule has 2 aromatic heterocycles. The Bertz CT molecular complexity index is 3810. The second kappa shape index (κ2) is 34.5. The summed E-state index contributed by atoms with van der Waals surface area (Å²) < 4.78 is 0. The number of nitrogens with one attached hydrogen (secondary N) is 10.